The van der Waals surface area contributed by atoms with Gasteiger partial charge in [-0.2, -0.15) is 0 Å². The highest BCUT2D eigenvalue weighted by Crippen LogP contribution is 2.41. The van der Waals surface area contributed by atoms with Gasteiger partial charge in [-0.1, -0.05) is 51.5 Å². The van der Waals surface area contributed by atoms with Gasteiger partial charge in [0, 0.05) is 6.54 Å². The SMILES string of the molecule is Cc1ccccc1CCNC(=O)C1(O)CC(C)CCC1C(C)C. The number of carbonyl (C=O) groups excluding carboxylic acids is 1. The van der Waals surface area contributed by atoms with Crippen molar-refractivity contribution in [3.63, 3.8) is 0 Å². The average molecular weight is 317 g/mol. The van der Waals surface area contributed by atoms with Gasteiger partial charge in [0.1, 0.15) is 5.60 Å². The van der Waals surface area contributed by atoms with E-state index in [1.54, 1.807) is 0 Å². The van der Waals surface area contributed by atoms with E-state index in [1.807, 2.05) is 12.1 Å². The smallest absolute Gasteiger partial charge is 0.252 e. The third kappa shape index (κ3) is 4.14. The zero-order valence-corrected chi connectivity index (χ0v) is 14.9. The number of hydrogen-bond acceptors (Lipinski definition) is 2. The molecule has 128 valence electrons. The van der Waals surface area contributed by atoms with Crippen molar-refractivity contribution in [2.45, 2.75) is 59.0 Å². The van der Waals surface area contributed by atoms with Gasteiger partial charge in [0.2, 0.25) is 0 Å². The van der Waals surface area contributed by atoms with E-state index in [1.165, 1.54) is 11.1 Å². The summed E-state index contributed by atoms with van der Waals surface area (Å²) in [5.74, 6) is 0.584. The van der Waals surface area contributed by atoms with E-state index in [0.717, 1.165) is 19.3 Å². The van der Waals surface area contributed by atoms with E-state index in [0.29, 0.717) is 24.8 Å². The van der Waals surface area contributed by atoms with Gasteiger partial charge in [-0.15, -0.1) is 0 Å². The molecule has 1 saturated carbocycles. The number of benzene rings is 1. The van der Waals surface area contributed by atoms with Crippen LogP contribution in [0, 0.1) is 24.7 Å². The van der Waals surface area contributed by atoms with Gasteiger partial charge in [-0.25, -0.2) is 0 Å². The quantitative estimate of drug-likeness (QED) is 0.873. The standard InChI is InChI=1S/C20H31NO2/c1-14(2)18-10-9-15(3)13-20(18,23)19(22)21-12-11-17-8-6-5-7-16(17)4/h5-8,14-15,18,23H,9-13H2,1-4H3,(H,21,22). The van der Waals surface area contributed by atoms with Crippen molar-refractivity contribution in [3.05, 3.63) is 35.4 Å². The summed E-state index contributed by atoms with van der Waals surface area (Å²) in [6.45, 7) is 8.99. The van der Waals surface area contributed by atoms with Crippen LogP contribution in [0.15, 0.2) is 24.3 Å². The third-order valence-electron chi connectivity index (χ3n) is 5.38. The summed E-state index contributed by atoms with van der Waals surface area (Å²) < 4.78 is 0. The van der Waals surface area contributed by atoms with Crippen molar-refractivity contribution < 1.29 is 9.90 Å². The lowest BCUT2D eigenvalue weighted by Gasteiger charge is -2.43. The van der Waals surface area contributed by atoms with Crippen LogP contribution < -0.4 is 5.32 Å². The lowest BCUT2D eigenvalue weighted by atomic mass is 9.66. The van der Waals surface area contributed by atoms with Crippen LogP contribution in [0.25, 0.3) is 0 Å². The first-order valence-electron chi connectivity index (χ1n) is 8.89. The predicted molar refractivity (Wildman–Crippen MR) is 94.2 cm³/mol. The number of aryl methyl sites for hydroxylation is 1. The van der Waals surface area contributed by atoms with Crippen molar-refractivity contribution in [2.24, 2.45) is 17.8 Å². The van der Waals surface area contributed by atoms with E-state index in [9.17, 15) is 9.90 Å². The monoisotopic (exact) mass is 317 g/mol. The Hall–Kier alpha value is -1.35. The van der Waals surface area contributed by atoms with Gasteiger partial charge >= 0.3 is 0 Å². The molecule has 0 bridgehead atoms. The van der Waals surface area contributed by atoms with Crippen LogP contribution in [0.1, 0.15) is 51.2 Å². The van der Waals surface area contributed by atoms with E-state index >= 15 is 0 Å². The Morgan fingerprint density at radius 3 is 2.70 bits per heavy atom. The van der Waals surface area contributed by atoms with Gasteiger partial charge < -0.3 is 10.4 Å². The molecule has 0 heterocycles. The molecule has 1 aromatic carbocycles. The Kier molecular flexibility index (Phi) is 5.85. The molecule has 3 heteroatoms. The Balaban J connectivity index is 1.98. The highest BCUT2D eigenvalue weighted by atomic mass is 16.3. The van der Waals surface area contributed by atoms with Crippen LogP contribution in [-0.4, -0.2) is 23.2 Å². The van der Waals surface area contributed by atoms with E-state index < -0.39 is 5.60 Å². The second-order valence-electron chi connectivity index (χ2n) is 7.59. The Morgan fingerprint density at radius 2 is 2.04 bits per heavy atom. The molecule has 3 nitrogen and oxygen atoms in total. The minimum Gasteiger partial charge on any atom is -0.380 e. The van der Waals surface area contributed by atoms with Gasteiger partial charge in [-0.3, -0.25) is 4.79 Å². The first-order valence-corrected chi connectivity index (χ1v) is 8.89. The van der Waals surface area contributed by atoms with Crippen molar-refractivity contribution in [3.8, 4) is 0 Å². The molecule has 2 rings (SSSR count). The Labute approximate surface area is 140 Å². The van der Waals surface area contributed by atoms with Crippen molar-refractivity contribution in [1.29, 1.82) is 0 Å². The zero-order valence-electron chi connectivity index (χ0n) is 14.9. The molecule has 1 amide bonds. The van der Waals surface area contributed by atoms with Crippen molar-refractivity contribution in [2.75, 3.05) is 6.54 Å². The summed E-state index contributed by atoms with van der Waals surface area (Å²) in [7, 11) is 0. The zero-order chi connectivity index (χ0) is 17.0. The minimum absolute atomic E-state index is 0.0529. The van der Waals surface area contributed by atoms with Gasteiger partial charge in [0.15, 0.2) is 0 Å². The fourth-order valence-electron chi connectivity index (χ4n) is 3.99. The van der Waals surface area contributed by atoms with E-state index in [-0.39, 0.29) is 11.8 Å². The van der Waals surface area contributed by atoms with Gasteiger partial charge in [0.25, 0.3) is 5.91 Å². The number of nitrogens with one attached hydrogen (secondary N) is 1. The third-order valence-corrected chi connectivity index (χ3v) is 5.38. The van der Waals surface area contributed by atoms with Gasteiger partial charge in [0.05, 0.1) is 0 Å². The van der Waals surface area contributed by atoms with Crippen LogP contribution >= 0.6 is 0 Å². The number of amides is 1. The fourth-order valence-corrected chi connectivity index (χ4v) is 3.99. The largest absolute Gasteiger partial charge is 0.380 e. The minimum atomic E-state index is -1.21. The molecule has 0 aromatic heterocycles. The number of carbonyl (C=O) groups is 1. The molecule has 0 aliphatic heterocycles. The predicted octanol–water partition coefficient (Wildman–Crippen LogP) is 3.48. The summed E-state index contributed by atoms with van der Waals surface area (Å²) in [6, 6.07) is 8.23. The van der Waals surface area contributed by atoms with Crippen LogP contribution in [-0.2, 0) is 11.2 Å². The molecule has 1 aliphatic carbocycles. The maximum absolute atomic E-state index is 12.7. The lowest BCUT2D eigenvalue weighted by molar-refractivity contribution is -0.155. The molecule has 2 N–H and O–H groups in total. The van der Waals surface area contributed by atoms with Crippen LogP contribution in [0.5, 0.6) is 0 Å². The van der Waals surface area contributed by atoms with E-state index in [4.69, 9.17) is 0 Å². The molecule has 0 spiro atoms. The molecule has 1 fully saturated rings. The second kappa shape index (κ2) is 7.48. The molecule has 1 aliphatic rings. The molecule has 23 heavy (non-hydrogen) atoms. The molecular formula is C20H31NO2. The highest BCUT2D eigenvalue weighted by molar-refractivity contribution is 5.85. The molecule has 3 atom stereocenters. The summed E-state index contributed by atoms with van der Waals surface area (Å²) in [6.07, 6.45) is 3.41. The molecule has 3 unspecified atom stereocenters. The number of hydrogen-bond donors (Lipinski definition) is 2. The number of rotatable bonds is 5. The van der Waals surface area contributed by atoms with Crippen molar-refractivity contribution >= 4 is 5.91 Å². The maximum atomic E-state index is 12.7. The van der Waals surface area contributed by atoms with Crippen LogP contribution in [0.4, 0.5) is 0 Å². The van der Waals surface area contributed by atoms with Crippen LogP contribution in [0.2, 0.25) is 0 Å². The second-order valence-corrected chi connectivity index (χ2v) is 7.59. The summed E-state index contributed by atoms with van der Waals surface area (Å²) >= 11 is 0. The molecule has 1 aromatic rings. The first-order chi connectivity index (χ1) is 10.8. The molecule has 0 radical (unpaired) electrons. The lowest BCUT2D eigenvalue weighted by Crippen LogP contribution is -2.56. The van der Waals surface area contributed by atoms with E-state index in [2.05, 4.69) is 45.1 Å². The Bertz CT molecular complexity index is 540. The Morgan fingerprint density at radius 1 is 1.35 bits per heavy atom. The molecular weight excluding hydrogens is 286 g/mol. The average Bonchev–Trinajstić information content (AvgIpc) is 2.48. The van der Waals surface area contributed by atoms with Crippen molar-refractivity contribution in [1.82, 2.24) is 5.32 Å². The number of aliphatic hydroxyl groups is 1. The van der Waals surface area contributed by atoms with Crippen LogP contribution in [0.3, 0.4) is 0 Å². The topological polar surface area (TPSA) is 49.3 Å². The maximum Gasteiger partial charge on any atom is 0.252 e. The fraction of sp³-hybridized carbons (Fsp3) is 0.650. The first kappa shape index (κ1) is 18.0. The summed E-state index contributed by atoms with van der Waals surface area (Å²) in [5.41, 5.74) is 1.28. The molecule has 0 saturated heterocycles. The normalized spacial score (nSPS) is 27.9. The van der Waals surface area contributed by atoms with Gasteiger partial charge in [-0.05, 0) is 55.1 Å². The summed E-state index contributed by atoms with van der Waals surface area (Å²) in [5, 5.41) is 14.1. The highest BCUT2D eigenvalue weighted by Gasteiger charge is 2.48. The summed E-state index contributed by atoms with van der Waals surface area (Å²) in [4.78, 5) is 12.7.